The first-order valence-corrected chi connectivity index (χ1v) is 7.01. The van der Waals surface area contributed by atoms with Crippen molar-refractivity contribution in [2.75, 3.05) is 12.4 Å². The molecule has 0 aliphatic rings. The van der Waals surface area contributed by atoms with Crippen molar-refractivity contribution < 1.29 is 14.6 Å². The zero-order valence-corrected chi connectivity index (χ0v) is 11.4. The van der Waals surface area contributed by atoms with Gasteiger partial charge in [-0.3, -0.25) is 4.79 Å². The van der Waals surface area contributed by atoms with Crippen LogP contribution in [0.4, 0.5) is 0 Å². The van der Waals surface area contributed by atoms with E-state index in [-0.39, 0.29) is 18.3 Å². The van der Waals surface area contributed by atoms with Crippen LogP contribution in [0, 0.1) is 0 Å². The number of aliphatic hydroxyl groups is 1. The molecule has 0 unspecified atom stereocenters. The van der Waals surface area contributed by atoms with E-state index in [9.17, 15) is 9.90 Å². The quantitative estimate of drug-likeness (QED) is 0.671. The lowest BCUT2D eigenvalue weighted by atomic mass is 10.2. The summed E-state index contributed by atoms with van der Waals surface area (Å²) >= 11 is 1.29. The number of rotatable bonds is 5. The number of benzene rings is 1. The molecule has 0 fully saturated rings. The molecule has 0 aliphatic heterocycles. The maximum Gasteiger partial charge on any atom is 0.316 e. The number of carbonyl (C=O) groups is 1. The second-order valence-corrected chi connectivity index (χ2v) is 4.86. The van der Waals surface area contributed by atoms with Crippen LogP contribution < -0.4 is 0 Å². The number of carbonyl (C=O) groups excluding carboxylic acids is 1. The first-order chi connectivity index (χ1) is 9.24. The molecule has 5 heteroatoms. The highest BCUT2D eigenvalue weighted by atomic mass is 32.2. The lowest BCUT2D eigenvalue weighted by molar-refractivity contribution is -0.139. The molecule has 1 aromatic heterocycles. The number of esters is 1. The average Bonchev–Trinajstić information content (AvgIpc) is 2.44. The standard InChI is InChI=1S/C14H15NO3S/c1-2-18-13(17)9-19-14-11(8-16)7-10-5-3-4-6-12(10)15-14/h3-7,16H,2,8-9H2,1H3. The van der Waals surface area contributed by atoms with Gasteiger partial charge in [0.05, 0.1) is 24.5 Å². The molecule has 2 aromatic rings. The van der Waals surface area contributed by atoms with E-state index in [1.54, 1.807) is 6.92 Å². The Hall–Kier alpha value is -1.59. The van der Waals surface area contributed by atoms with E-state index in [0.717, 1.165) is 16.5 Å². The van der Waals surface area contributed by atoms with E-state index in [1.165, 1.54) is 11.8 Å². The van der Waals surface area contributed by atoms with Gasteiger partial charge in [-0.05, 0) is 19.1 Å². The van der Waals surface area contributed by atoms with Gasteiger partial charge in [0.2, 0.25) is 0 Å². The minimum atomic E-state index is -0.272. The highest BCUT2D eigenvalue weighted by Crippen LogP contribution is 2.25. The molecule has 1 heterocycles. The first kappa shape index (κ1) is 13.8. The SMILES string of the molecule is CCOC(=O)CSc1nc2ccccc2cc1CO. The van der Waals surface area contributed by atoms with Gasteiger partial charge in [-0.2, -0.15) is 0 Å². The Labute approximate surface area is 115 Å². The summed E-state index contributed by atoms with van der Waals surface area (Å²) in [5, 5.41) is 11.0. The molecule has 1 aromatic carbocycles. The van der Waals surface area contributed by atoms with Gasteiger partial charge >= 0.3 is 5.97 Å². The Balaban J connectivity index is 2.23. The van der Waals surface area contributed by atoms with Crippen molar-refractivity contribution >= 4 is 28.6 Å². The highest BCUT2D eigenvalue weighted by molar-refractivity contribution is 7.99. The number of ether oxygens (including phenoxy) is 1. The van der Waals surface area contributed by atoms with Crippen molar-refractivity contribution in [2.45, 2.75) is 18.6 Å². The van der Waals surface area contributed by atoms with Gasteiger partial charge in [-0.25, -0.2) is 4.98 Å². The number of nitrogens with zero attached hydrogens (tertiary/aromatic N) is 1. The molecule has 4 nitrogen and oxygen atoms in total. The Morgan fingerprint density at radius 3 is 2.95 bits per heavy atom. The maximum absolute atomic E-state index is 11.3. The van der Waals surface area contributed by atoms with Crippen molar-refractivity contribution in [1.29, 1.82) is 0 Å². The lowest BCUT2D eigenvalue weighted by Gasteiger charge is -2.08. The van der Waals surface area contributed by atoms with Crippen molar-refractivity contribution in [3.05, 3.63) is 35.9 Å². The predicted octanol–water partition coefficient (Wildman–Crippen LogP) is 2.38. The molecule has 1 N–H and O–H groups in total. The number of para-hydroxylation sites is 1. The molecule has 19 heavy (non-hydrogen) atoms. The van der Waals surface area contributed by atoms with Crippen LogP contribution in [0.15, 0.2) is 35.4 Å². The Morgan fingerprint density at radius 2 is 2.21 bits per heavy atom. The molecule has 0 atom stereocenters. The van der Waals surface area contributed by atoms with Gasteiger partial charge in [-0.1, -0.05) is 30.0 Å². The number of aliphatic hydroxyl groups excluding tert-OH is 1. The van der Waals surface area contributed by atoms with Crippen LogP contribution in [0.3, 0.4) is 0 Å². The Bertz CT molecular complexity index is 586. The summed E-state index contributed by atoms with van der Waals surface area (Å²) in [6, 6.07) is 9.59. The molecule has 0 amide bonds. The highest BCUT2D eigenvalue weighted by Gasteiger charge is 2.10. The number of pyridine rings is 1. The van der Waals surface area contributed by atoms with E-state index in [0.29, 0.717) is 11.6 Å². The van der Waals surface area contributed by atoms with Gasteiger partial charge in [0.15, 0.2) is 0 Å². The smallest absolute Gasteiger partial charge is 0.316 e. The summed E-state index contributed by atoms with van der Waals surface area (Å²) < 4.78 is 4.87. The third-order valence-corrected chi connectivity index (χ3v) is 3.57. The van der Waals surface area contributed by atoms with Gasteiger partial charge in [0, 0.05) is 10.9 Å². The fraction of sp³-hybridized carbons (Fsp3) is 0.286. The minimum Gasteiger partial charge on any atom is -0.465 e. The maximum atomic E-state index is 11.3. The van der Waals surface area contributed by atoms with Crippen LogP contribution in [-0.2, 0) is 16.1 Å². The summed E-state index contributed by atoms with van der Waals surface area (Å²) in [5.41, 5.74) is 1.58. The lowest BCUT2D eigenvalue weighted by Crippen LogP contribution is -2.07. The van der Waals surface area contributed by atoms with Crippen LogP contribution in [0.1, 0.15) is 12.5 Å². The summed E-state index contributed by atoms with van der Waals surface area (Å²) in [6.07, 6.45) is 0. The molecular formula is C14H15NO3S. The molecule has 0 saturated carbocycles. The molecule has 0 aliphatic carbocycles. The van der Waals surface area contributed by atoms with Crippen LogP contribution >= 0.6 is 11.8 Å². The molecule has 0 saturated heterocycles. The van der Waals surface area contributed by atoms with E-state index in [2.05, 4.69) is 4.98 Å². The number of fused-ring (bicyclic) bond motifs is 1. The number of hydrogen-bond acceptors (Lipinski definition) is 5. The van der Waals surface area contributed by atoms with Gasteiger partial charge in [0.1, 0.15) is 5.03 Å². The molecule has 0 spiro atoms. The molecule has 100 valence electrons. The summed E-state index contributed by atoms with van der Waals surface area (Å²) in [4.78, 5) is 15.8. The van der Waals surface area contributed by atoms with E-state index in [1.807, 2.05) is 30.3 Å². The van der Waals surface area contributed by atoms with Crippen LogP contribution in [0.2, 0.25) is 0 Å². The fourth-order valence-electron chi connectivity index (χ4n) is 1.71. The van der Waals surface area contributed by atoms with Gasteiger partial charge in [0.25, 0.3) is 0 Å². The van der Waals surface area contributed by atoms with E-state index >= 15 is 0 Å². The Kier molecular flexibility index (Phi) is 4.76. The van der Waals surface area contributed by atoms with E-state index < -0.39 is 0 Å². The zero-order chi connectivity index (χ0) is 13.7. The second kappa shape index (κ2) is 6.54. The number of aromatic nitrogens is 1. The third-order valence-electron chi connectivity index (χ3n) is 2.57. The van der Waals surface area contributed by atoms with Crippen molar-refractivity contribution in [1.82, 2.24) is 4.98 Å². The zero-order valence-electron chi connectivity index (χ0n) is 10.6. The van der Waals surface area contributed by atoms with Crippen LogP contribution in [0.25, 0.3) is 10.9 Å². The molecular weight excluding hydrogens is 262 g/mol. The second-order valence-electron chi connectivity index (χ2n) is 3.90. The fourth-order valence-corrected chi connectivity index (χ4v) is 2.52. The third kappa shape index (κ3) is 3.45. The number of thioether (sulfide) groups is 1. The first-order valence-electron chi connectivity index (χ1n) is 6.02. The predicted molar refractivity (Wildman–Crippen MR) is 75.0 cm³/mol. The summed E-state index contributed by atoms with van der Waals surface area (Å²) in [6.45, 7) is 2.05. The average molecular weight is 277 g/mol. The Morgan fingerprint density at radius 1 is 1.42 bits per heavy atom. The summed E-state index contributed by atoms with van der Waals surface area (Å²) in [5.74, 6) is -0.0713. The summed E-state index contributed by atoms with van der Waals surface area (Å²) in [7, 11) is 0. The normalized spacial score (nSPS) is 10.6. The minimum absolute atomic E-state index is 0.0943. The van der Waals surface area contributed by atoms with E-state index in [4.69, 9.17) is 4.74 Å². The largest absolute Gasteiger partial charge is 0.465 e. The molecule has 0 radical (unpaired) electrons. The van der Waals surface area contributed by atoms with Crippen molar-refractivity contribution in [3.63, 3.8) is 0 Å². The molecule has 0 bridgehead atoms. The number of hydrogen-bond donors (Lipinski definition) is 1. The van der Waals surface area contributed by atoms with Crippen molar-refractivity contribution in [3.8, 4) is 0 Å². The van der Waals surface area contributed by atoms with Crippen LogP contribution in [-0.4, -0.2) is 28.4 Å². The monoisotopic (exact) mass is 277 g/mol. The van der Waals surface area contributed by atoms with Gasteiger partial charge in [-0.15, -0.1) is 0 Å². The topological polar surface area (TPSA) is 59.4 Å². The van der Waals surface area contributed by atoms with Crippen molar-refractivity contribution in [2.24, 2.45) is 0 Å². The van der Waals surface area contributed by atoms with Gasteiger partial charge < -0.3 is 9.84 Å². The molecule has 2 rings (SSSR count). The van der Waals surface area contributed by atoms with Crippen LogP contribution in [0.5, 0.6) is 0 Å².